The Labute approximate surface area is 112 Å². The average Bonchev–Trinajstić information content (AvgIpc) is 2.24. The summed E-state index contributed by atoms with van der Waals surface area (Å²) in [5.74, 6) is 0.589. The molecule has 0 aliphatic rings. The standard InChI is InChI=1S/C13H28N2OS/c1-6-16-9-7-8-14-12(17)15-10-11(2)13(3,4)5/h11H,6-10H2,1-5H3,(H2,14,15,17). The number of thiocarbonyl (C=S) groups is 1. The molecule has 0 fully saturated rings. The van der Waals surface area contributed by atoms with Gasteiger partial charge in [-0.3, -0.25) is 0 Å². The van der Waals surface area contributed by atoms with Crippen LogP contribution < -0.4 is 10.6 Å². The monoisotopic (exact) mass is 260 g/mol. The summed E-state index contributed by atoms with van der Waals surface area (Å²) in [6, 6.07) is 0. The highest BCUT2D eigenvalue weighted by Gasteiger charge is 2.19. The molecule has 102 valence electrons. The molecule has 3 nitrogen and oxygen atoms in total. The fourth-order valence-electron chi connectivity index (χ4n) is 1.13. The average molecular weight is 260 g/mol. The van der Waals surface area contributed by atoms with Gasteiger partial charge in [-0.25, -0.2) is 0 Å². The molecule has 2 N–H and O–H groups in total. The molecule has 0 amide bonds. The van der Waals surface area contributed by atoms with Gasteiger partial charge in [0.1, 0.15) is 0 Å². The Hall–Kier alpha value is -0.350. The molecule has 0 heterocycles. The van der Waals surface area contributed by atoms with Crippen molar-refractivity contribution in [2.45, 2.75) is 41.0 Å². The summed E-state index contributed by atoms with van der Waals surface area (Å²) in [7, 11) is 0. The molecular formula is C13H28N2OS. The molecule has 1 unspecified atom stereocenters. The molecule has 0 saturated heterocycles. The van der Waals surface area contributed by atoms with Crippen LogP contribution in [0, 0.1) is 11.3 Å². The molecule has 0 saturated carbocycles. The van der Waals surface area contributed by atoms with Gasteiger partial charge in [0, 0.05) is 26.3 Å². The topological polar surface area (TPSA) is 33.3 Å². The van der Waals surface area contributed by atoms with Crippen molar-refractivity contribution in [1.82, 2.24) is 10.6 Å². The largest absolute Gasteiger partial charge is 0.382 e. The van der Waals surface area contributed by atoms with E-state index in [1.807, 2.05) is 6.92 Å². The molecule has 0 spiro atoms. The first-order valence-corrected chi connectivity index (χ1v) is 6.88. The van der Waals surface area contributed by atoms with Crippen molar-refractivity contribution in [3.63, 3.8) is 0 Å². The molecule has 0 aromatic carbocycles. The van der Waals surface area contributed by atoms with Crippen LogP contribution in [0.4, 0.5) is 0 Å². The summed E-state index contributed by atoms with van der Waals surface area (Å²) >= 11 is 5.21. The number of nitrogens with one attached hydrogen (secondary N) is 2. The number of hydrogen-bond acceptors (Lipinski definition) is 2. The van der Waals surface area contributed by atoms with E-state index in [1.54, 1.807) is 0 Å². The van der Waals surface area contributed by atoms with E-state index >= 15 is 0 Å². The van der Waals surface area contributed by atoms with Crippen LogP contribution in [0.2, 0.25) is 0 Å². The molecule has 1 atom stereocenters. The Bertz CT molecular complexity index is 214. The third-order valence-corrected chi connectivity index (χ3v) is 3.29. The van der Waals surface area contributed by atoms with E-state index in [4.69, 9.17) is 17.0 Å². The van der Waals surface area contributed by atoms with Crippen LogP contribution >= 0.6 is 12.2 Å². The highest BCUT2D eigenvalue weighted by molar-refractivity contribution is 7.80. The maximum absolute atomic E-state index is 5.25. The van der Waals surface area contributed by atoms with E-state index in [1.165, 1.54) is 0 Å². The Kier molecular flexibility index (Phi) is 8.52. The minimum absolute atomic E-state index is 0.317. The summed E-state index contributed by atoms with van der Waals surface area (Å²) in [6.45, 7) is 14.4. The van der Waals surface area contributed by atoms with Gasteiger partial charge in [-0.2, -0.15) is 0 Å². The van der Waals surface area contributed by atoms with Crippen LogP contribution in [-0.2, 0) is 4.74 Å². The zero-order valence-corrected chi connectivity index (χ0v) is 12.7. The van der Waals surface area contributed by atoms with Crippen molar-refractivity contribution in [3.8, 4) is 0 Å². The fourth-order valence-corrected chi connectivity index (χ4v) is 1.32. The fraction of sp³-hybridized carbons (Fsp3) is 0.923. The molecular weight excluding hydrogens is 232 g/mol. The summed E-state index contributed by atoms with van der Waals surface area (Å²) < 4.78 is 5.25. The normalized spacial score (nSPS) is 13.2. The maximum Gasteiger partial charge on any atom is 0.166 e. The molecule has 4 heteroatoms. The van der Waals surface area contributed by atoms with Crippen molar-refractivity contribution in [3.05, 3.63) is 0 Å². The quantitative estimate of drug-likeness (QED) is 0.544. The highest BCUT2D eigenvalue weighted by Crippen LogP contribution is 2.24. The zero-order valence-electron chi connectivity index (χ0n) is 11.9. The maximum atomic E-state index is 5.25. The molecule has 0 aromatic rings. The Morgan fingerprint density at radius 1 is 1.29 bits per heavy atom. The van der Waals surface area contributed by atoms with Crippen molar-refractivity contribution >= 4 is 17.3 Å². The predicted molar refractivity (Wildman–Crippen MR) is 78.3 cm³/mol. The number of rotatable bonds is 7. The van der Waals surface area contributed by atoms with Crippen LogP contribution in [0.25, 0.3) is 0 Å². The smallest absolute Gasteiger partial charge is 0.166 e. The summed E-state index contributed by atoms with van der Waals surface area (Å²) in [5, 5.41) is 7.20. The Morgan fingerprint density at radius 2 is 1.94 bits per heavy atom. The van der Waals surface area contributed by atoms with Crippen molar-refractivity contribution in [2.75, 3.05) is 26.3 Å². The lowest BCUT2D eigenvalue weighted by molar-refractivity contribution is 0.145. The second kappa shape index (κ2) is 8.70. The first-order valence-electron chi connectivity index (χ1n) is 6.47. The number of hydrogen-bond donors (Lipinski definition) is 2. The summed E-state index contributed by atoms with van der Waals surface area (Å²) in [5.41, 5.74) is 0.317. The zero-order chi connectivity index (χ0) is 13.3. The van der Waals surface area contributed by atoms with Gasteiger partial charge in [-0.15, -0.1) is 0 Å². The molecule has 17 heavy (non-hydrogen) atoms. The van der Waals surface area contributed by atoms with Crippen molar-refractivity contribution in [2.24, 2.45) is 11.3 Å². The third-order valence-electron chi connectivity index (χ3n) is 3.00. The second-order valence-electron chi connectivity index (χ2n) is 5.45. The van der Waals surface area contributed by atoms with Gasteiger partial charge in [-0.05, 0) is 36.9 Å². The van der Waals surface area contributed by atoms with E-state index in [-0.39, 0.29) is 0 Å². The first-order chi connectivity index (χ1) is 7.88. The van der Waals surface area contributed by atoms with E-state index in [0.29, 0.717) is 11.3 Å². The molecule has 0 radical (unpaired) electrons. The lowest BCUT2D eigenvalue weighted by atomic mass is 9.82. The molecule has 0 aromatic heterocycles. The lowest BCUT2D eigenvalue weighted by Gasteiger charge is -2.27. The first kappa shape index (κ1) is 16.6. The van der Waals surface area contributed by atoms with E-state index in [0.717, 1.165) is 37.8 Å². The summed E-state index contributed by atoms with van der Waals surface area (Å²) in [4.78, 5) is 0. The SMILES string of the molecule is CCOCCCNC(=S)NCC(C)C(C)(C)C. The van der Waals surface area contributed by atoms with Gasteiger partial charge >= 0.3 is 0 Å². The van der Waals surface area contributed by atoms with Crippen LogP contribution in [0.15, 0.2) is 0 Å². The highest BCUT2D eigenvalue weighted by atomic mass is 32.1. The molecule has 0 aliphatic carbocycles. The lowest BCUT2D eigenvalue weighted by Crippen LogP contribution is -2.40. The minimum atomic E-state index is 0.317. The summed E-state index contributed by atoms with van der Waals surface area (Å²) in [6.07, 6.45) is 0.991. The van der Waals surface area contributed by atoms with Gasteiger partial charge in [0.25, 0.3) is 0 Å². The van der Waals surface area contributed by atoms with E-state index in [9.17, 15) is 0 Å². The van der Waals surface area contributed by atoms with Crippen LogP contribution in [-0.4, -0.2) is 31.4 Å². The van der Waals surface area contributed by atoms with Crippen LogP contribution in [0.5, 0.6) is 0 Å². The molecule has 0 aliphatic heterocycles. The van der Waals surface area contributed by atoms with Crippen LogP contribution in [0.3, 0.4) is 0 Å². The third kappa shape index (κ3) is 9.36. The van der Waals surface area contributed by atoms with E-state index < -0.39 is 0 Å². The second-order valence-corrected chi connectivity index (χ2v) is 5.86. The molecule has 0 bridgehead atoms. The van der Waals surface area contributed by atoms with Crippen molar-refractivity contribution < 1.29 is 4.74 Å². The minimum Gasteiger partial charge on any atom is -0.382 e. The number of ether oxygens (including phenoxy) is 1. The van der Waals surface area contributed by atoms with Crippen LogP contribution in [0.1, 0.15) is 41.0 Å². The van der Waals surface area contributed by atoms with Gasteiger partial charge in [0.15, 0.2) is 5.11 Å². The Balaban J connectivity index is 3.53. The molecule has 0 rings (SSSR count). The van der Waals surface area contributed by atoms with E-state index in [2.05, 4.69) is 38.3 Å². The van der Waals surface area contributed by atoms with Gasteiger partial charge in [0.2, 0.25) is 0 Å². The van der Waals surface area contributed by atoms with Gasteiger partial charge < -0.3 is 15.4 Å². The van der Waals surface area contributed by atoms with Gasteiger partial charge in [0.05, 0.1) is 0 Å². The van der Waals surface area contributed by atoms with Crippen molar-refractivity contribution in [1.29, 1.82) is 0 Å². The Morgan fingerprint density at radius 3 is 2.47 bits per heavy atom. The van der Waals surface area contributed by atoms with Gasteiger partial charge in [-0.1, -0.05) is 27.7 Å². The predicted octanol–water partition coefficient (Wildman–Crippen LogP) is 2.56.